The van der Waals surface area contributed by atoms with Crippen LogP contribution < -0.4 is 4.72 Å². The Labute approximate surface area is 61.8 Å². The maximum Gasteiger partial charge on any atom is 0.0700 e. The van der Waals surface area contributed by atoms with Crippen LogP contribution in [0.1, 0.15) is 20.8 Å². The molecule has 0 aromatic rings. The first-order chi connectivity index (χ1) is 4.04. The minimum atomic E-state index is -0.332. The fourth-order valence-corrected chi connectivity index (χ4v) is 0.581. The molecule has 0 aliphatic carbocycles. The molecule has 0 saturated carbocycles. The monoisotopic (exact) mass is 144 g/mol. The van der Waals surface area contributed by atoms with Gasteiger partial charge < -0.3 is 0 Å². The lowest BCUT2D eigenvalue weighted by Crippen LogP contribution is -2.33. The van der Waals surface area contributed by atoms with Crippen molar-refractivity contribution < 1.29 is 0 Å². The molecule has 0 aromatic heterocycles. The van der Waals surface area contributed by atoms with Crippen molar-refractivity contribution in [3.05, 3.63) is 0 Å². The molecule has 3 heteroatoms. The number of hydrogen-bond donors (Lipinski definition) is 2. The molecule has 2 nitrogen and oxygen atoms in total. The maximum absolute atomic E-state index is 8.57. The number of rotatable bonds is 2. The van der Waals surface area contributed by atoms with Crippen LogP contribution in [-0.2, 0) is 0 Å². The molecule has 0 rings (SSSR count). The number of nitriles is 1. The van der Waals surface area contributed by atoms with Crippen LogP contribution in [0, 0.1) is 16.7 Å². The van der Waals surface area contributed by atoms with Crippen molar-refractivity contribution in [3.63, 3.8) is 0 Å². The van der Waals surface area contributed by atoms with Gasteiger partial charge in [-0.1, -0.05) is 12.8 Å². The first-order valence-electron chi connectivity index (χ1n) is 2.85. The molecule has 0 heterocycles. The molecule has 0 radical (unpaired) electrons. The molecule has 0 aliphatic rings. The summed E-state index contributed by atoms with van der Waals surface area (Å²) >= 11 is 3.86. The summed E-state index contributed by atoms with van der Waals surface area (Å²) in [7, 11) is 0. The predicted octanol–water partition coefficient (Wildman–Crippen LogP) is 1.36. The predicted molar refractivity (Wildman–Crippen MR) is 41.0 cm³/mol. The normalized spacial score (nSPS) is 14.6. The van der Waals surface area contributed by atoms with Crippen LogP contribution in [0.2, 0.25) is 0 Å². The lowest BCUT2D eigenvalue weighted by atomic mass is 9.88. The second-order valence-corrected chi connectivity index (χ2v) is 2.94. The molecule has 0 spiro atoms. The van der Waals surface area contributed by atoms with Crippen LogP contribution in [0.3, 0.4) is 0 Å². The zero-order valence-corrected chi connectivity index (χ0v) is 6.87. The van der Waals surface area contributed by atoms with E-state index in [9.17, 15) is 0 Å². The topological polar surface area (TPSA) is 35.8 Å². The van der Waals surface area contributed by atoms with Gasteiger partial charge in [0.2, 0.25) is 0 Å². The van der Waals surface area contributed by atoms with Gasteiger partial charge in [0.15, 0.2) is 0 Å². The minimum Gasteiger partial charge on any atom is -0.262 e. The van der Waals surface area contributed by atoms with Crippen LogP contribution in [0.15, 0.2) is 0 Å². The summed E-state index contributed by atoms with van der Waals surface area (Å²) in [6, 6.07) is 2.30. The summed E-state index contributed by atoms with van der Waals surface area (Å²) in [5.74, 6) is 0. The van der Waals surface area contributed by atoms with Crippen molar-refractivity contribution in [1.29, 1.82) is 5.26 Å². The standard InChI is InChI=1S/C6H12N2S/c1-5(8-9)6(2,3)4-7/h5,8-9H,1-3H3. The highest BCUT2D eigenvalue weighted by Crippen LogP contribution is 2.18. The second kappa shape index (κ2) is 3.09. The molecule has 1 unspecified atom stereocenters. The minimum absolute atomic E-state index is 0.117. The quantitative estimate of drug-likeness (QED) is 0.574. The highest BCUT2D eigenvalue weighted by atomic mass is 32.1. The first kappa shape index (κ1) is 8.80. The van der Waals surface area contributed by atoms with Gasteiger partial charge in [0.1, 0.15) is 0 Å². The Morgan fingerprint density at radius 2 is 2.11 bits per heavy atom. The molecule has 1 N–H and O–H groups in total. The lowest BCUT2D eigenvalue weighted by molar-refractivity contribution is 0.389. The van der Waals surface area contributed by atoms with Gasteiger partial charge in [-0.25, -0.2) is 0 Å². The zero-order chi connectivity index (χ0) is 7.49. The molecular weight excluding hydrogens is 132 g/mol. The van der Waals surface area contributed by atoms with Crippen molar-refractivity contribution >= 4 is 12.8 Å². The summed E-state index contributed by atoms with van der Waals surface area (Å²) in [6.07, 6.45) is 0. The largest absolute Gasteiger partial charge is 0.262 e. The van der Waals surface area contributed by atoms with Crippen molar-refractivity contribution in [2.45, 2.75) is 26.8 Å². The van der Waals surface area contributed by atoms with Gasteiger partial charge in [-0.05, 0) is 20.8 Å². The smallest absolute Gasteiger partial charge is 0.0700 e. The van der Waals surface area contributed by atoms with E-state index in [1.807, 2.05) is 20.8 Å². The molecule has 0 fully saturated rings. The van der Waals surface area contributed by atoms with E-state index in [0.717, 1.165) is 0 Å². The molecule has 0 amide bonds. The van der Waals surface area contributed by atoms with E-state index < -0.39 is 0 Å². The fourth-order valence-electron chi connectivity index (χ4n) is 0.258. The highest BCUT2D eigenvalue weighted by molar-refractivity contribution is 7.78. The zero-order valence-electron chi connectivity index (χ0n) is 5.97. The summed E-state index contributed by atoms with van der Waals surface area (Å²) in [5, 5.41) is 8.57. The maximum atomic E-state index is 8.57. The summed E-state index contributed by atoms with van der Waals surface area (Å²) in [5.41, 5.74) is -0.332. The van der Waals surface area contributed by atoms with Gasteiger partial charge in [0, 0.05) is 6.04 Å². The molecule has 1 atom stereocenters. The molecule has 0 bridgehead atoms. The molecule has 0 aliphatic heterocycles. The fraction of sp³-hybridized carbons (Fsp3) is 0.833. The summed E-state index contributed by atoms with van der Waals surface area (Å²) < 4.78 is 2.73. The van der Waals surface area contributed by atoms with Gasteiger partial charge in [-0.2, -0.15) is 5.26 Å². The first-order valence-corrected chi connectivity index (χ1v) is 3.30. The number of thiol groups is 1. The Morgan fingerprint density at radius 3 is 2.22 bits per heavy atom. The van der Waals surface area contributed by atoms with E-state index in [1.54, 1.807) is 0 Å². The van der Waals surface area contributed by atoms with Crippen molar-refractivity contribution in [2.75, 3.05) is 0 Å². The van der Waals surface area contributed by atoms with Crippen LogP contribution >= 0.6 is 12.8 Å². The van der Waals surface area contributed by atoms with Gasteiger partial charge in [-0.15, -0.1) is 0 Å². The molecule has 9 heavy (non-hydrogen) atoms. The Morgan fingerprint density at radius 1 is 1.67 bits per heavy atom. The third-order valence-corrected chi connectivity index (χ3v) is 1.95. The molecule has 0 saturated heterocycles. The Kier molecular flexibility index (Phi) is 3.02. The Bertz CT molecular complexity index is 126. The average molecular weight is 144 g/mol. The molecular formula is C6H12N2S. The molecule has 52 valence electrons. The second-order valence-electron chi connectivity index (χ2n) is 2.68. The van der Waals surface area contributed by atoms with Gasteiger partial charge in [0.25, 0.3) is 0 Å². The van der Waals surface area contributed by atoms with Gasteiger partial charge in [0.05, 0.1) is 11.5 Å². The highest BCUT2D eigenvalue weighted by Gasteiger charge is 2.23. The van der Waals surface area contributed by atoms with E-state index >= 15 is 0 Å². The SMILES string of the molecule is CC(NS)C(C)(C)C#N. The van der Waals surface area contributed by atoms with E-state index in [-0.39, 0.29) is 11.5 Å². The number of nitrogens with one attached hydrogen (secondary N) is 1. The Hall–Kier alpha value is -0.200. The third kappa shape index (κ3) is 2.25. The number of hydrogen-bond acceptors (Lipinski definition) is 3. The molecule has 0 aromatic carbocycles. The van der Waals surface area contributed by atoms with Crippen molar-refractivity contribution in [2.24, 2.45) is 5.41 Å². The van der Waals surface area contributed by atoms with Crippen LogP contribution in [0.25, 0.3) is 0 Å². The lowest BCUT2D eigenvalue weighted by Gasteiger charge is -2.22. The Balaban J connectivity index is 4.01. The van der Waals surface area contributed by atoms with Gasteiger partial charge >= 0.3 is 0 Å². The van der Waals surface area contributed by atoms with Crippen LogP contribution in [0.5, 0.6) is 0 Å². The van der Waals surface area contributed by atoms with Crippen molar-refractivity contribution in [1.82, 2.24) is 4.72 Å². The van der Waals surface area contributed by atoms with E-state index in [4.69, 9.17) is 5.26 Å². The van der Waals surface area contributed by atoms with E-state index in [2.05, 4.69) is 23.6 Å². The summed E-state index contributed by atoms with van der Waals surface area (Å²) in [4.78, 5) is 0. The van der Waals surface area contributed by atoms with Gasteiger partial charge in [-0.3, -0.25) is 4.72 Å². The number of nitrogens with zero attached hydrogens (tertiary/aromatic N) is 1. The van der Waals surface area contributed by atoms with E-state index in [1.165, 1.54) is 0 Å². The van der Waals surface area contributed by atoms with Crippen LogP contribution in [0.4, 0.5) is 0 Å². The average Bonchev–Trinajstić information content (AvgIpc) is 1.86. The van der Waals surface area contributed by atoms with Crippen LogP contribution in [-0.4, -0.2) is 6.04 Å². The summed E-state index contributed by atoms with van der Waals surface area (Å²) in [6.45, 7) is 5.68. The van der Waals surface area contributed by atoms with E-state index in [0.29, 0.717) is 0 Å². The van der Waals surface area contributed by atoms with Crippen molar-refractivity contribution in [3.8, 4) is 6.07 Å². The third-order valence-electron chi connectivity index (χ3n) is 1.56.